The van der Waals surface area contributed by atoms with Gasteiger partial charge >= 0.3 is 6.09 Å². The minimum Gasteiger partial charge on any atom is -0.444 e. The molecule has 0 radical (unpaired) electrons. The number of carbonyl (C=O) groups excluding carboxylic acids is 2. The number of likely N-dealkylation sites (N-methyl/N-ethyl adjacent to an activating group) is 1. The summed E-state index contributed by atoms with van der Waals surface area (Å²) in [6.45, 7) is 10.8. The van der Waals surface area contributed by atoms with Gasteiger partial charge in [0.25, 0.3) is 11.8 Å². The van der Waals surface area contributed by atoms with Crippen LogP contribution in [0.4, 0.5) is 10.6 Å². The molecule has 1 N–H and O–H groups in total. The van der Waals surface area contributed by atoms with Gasteiger partial charge < -0.3 is 29.0 Å². The van der Waals surface area contributed by atoms with Crippen LogP contribution in [-0.4, -0.2) is 76.5 Å². The number of hydrogen-bond acceptors (Lipinski definition) is 11. The molecule has 13 heteroatoms. The van der Waals surface area contributed by atoms with E-state index in [1.54, 1.807) is 51.4 Å². The number of likely N-dealkylation sites (tertiary alicyclic amines) is 1. The number of nitrogens with zero attached hydrogens (tertiary/aromatic N) is 6. The van der Waals surface area contributed by atoms with Crippen molar-refractivity contribution in [1.29, 1.82) is 0 Å². The van der Waals surface area contributed by atoms with E-state index in [1.165, 1.54) is 0 Å². The number of aryl methyl sites for hydroxylation is 1. The molecular formula is C34H43N7O5S. The summed E-state index contributed by atoms with van der Waals surface area (Å²) in [5.41, 5.74) is 0.878. The second-order valence-electron chi connectivity index (χ2n) is 13.0. The fourth-order valence-corrected chi connectivity index (χ4v) is 6.44. The Morgan fingerprint density at radius 1 is 1.13 bits per heavy atom. The maximum atomic E-state index is 14.1. The summed E-state index contributed by atoms with van der Waals surface area (Å²) in [5, 5.41) is 14.6. The fraction of sp³-hybridized carbons (Fsp3) is 0.471. The highest BCUT2D eigenvalue weighted by molar-refractivity contribution is 7.09. The van der Waals surface area contributed by atoms with Gasteiger partial charge in [-0.3, -0.25) is 4.79 Å². The number of ether oxygens (including phenoxy) is 2. The van der Waals surface area contributed by atoms with Crippen molar-refractivity contribution in [1.82, 2.24) is 30.4 Å². The van der Waals surface area contributed by atoms with E-state index in [2.05, 4.69) is 20.5 Å². The molecule has 12 nitrogen and oxygen atoms in total. The van der Waals surface area contributed by atoms with Crippen LogP contribution in [0.25, 0.3) is 11.6 Å². The Bertz CT molecular complexity index is 1690. The molecule has 1 aliphatic rings. The van der Waals surface area contributed by atoms with Gasteiger partial charge in [-0.25, -0.2) is 14.8 Å². The Kier molecular flexibility index (Phi) is 10.3. The van der Waals surface area contributed by atoms with Crippen molar-refractivity contribution in [2.24, 2.45) is 0 Å². The van der Waals surface area contributed by atoms with E-state index in [1.807, 2.05) is 66.4 Å². The Hall–Kier alpha value is -4.36. The first-order chi connectivity index (χ1) is 22.3. The zero-order chi connectivity index (χ0) is 33.8. The van der Waals surface area contributed by atoms with Crippen LogP contribution in [0.15, 0.2) is 52.3 Å². The van der Waals surface area contributed by atoms with Crippen LogP contribution < -0.4 is 10.2 Å². The third kappa shape index (κ3) is 8.33. The van der Waals surface area contributed by atoms with Crippen molar-refractivity contribution in [2.45, 2.75) is 71.1 Å². The molecule has 1 fully saturated rings. The zero-order valence-electron chi connectivity index (χ0n) is 28.1. The van der Waals surface area contributed by atoms with E-state index in [9.17, 15) is 9.59 Å². The molecule has 5 rings (SSSR count). The molecular weight excluding hydrogens is 618 g/mol. The average molecular weight is 662 g/mol. The van der Waals surface area contributed by atoms with Crippen molar-refractivity contribution in [2.75, 3.05) is 38.8 Å². The topological polar surface area (TPSA) is 136 Å². The van der Waals surface area contributed by atoms with E-state index >= 15 is 0 Å². The van der Waals surface area contributed by atoms with Crippen LogP contribution in [0, 0.1) is 6.92 Å². The summed E-state index contributed by atoms with van der Waals surface area (Å²) in [6, 6.07) is 13.1. The summed E-state index contributed by atoms with van der Waals surface area (Å²) in [7, 11) is 3.52. The predicted molar refractivity (Wildman–Crippen MR) is 179 cm³/mol. The average Bonchev–Trinajstić information content (AvgIpc) is 3.80. The van der Waals surface area contributed by atoms with Crippen molar-refractivity contribution in [3.8, 4) is 11.6 Å². The molecule has 0 bridgehead atoms. The molecule has 47 heavy (non-hydrogen) atoms. The molecule has 3 aromatic heterocycles. The van der Waals surface area contributed by atoms with Crippen LogP contribution in [0.3, 0.4) is 0 Å². The zero-order valence-corrected chi connectivity index (χ0v) is 28.9. The Morgan fingerprint density at radius 2 is 1.89 bits per heavy atom. The van der Waals surface area contributed by atoms with E-state index < -0.39 is 17.2 Å². The van der Waals surface area contributed by atoms with Crippen LogP contribution in [0.2, 0.25) is 0 Å². The molecule has 4 aromatic rings. The minimum atomic E-state index is -1.12. The lowest BCUT2D eigenvalue weighted by Gasteiger charge is -2.29. The van der Waals surface area contributed by atoms with E-state index in [4.69, 9.17) is 18.9 Å². The molecule has 0 spiro atoms. The first-order valence-corrected chi connectivity index (χ1v) is 16.6. The minimum absolute atomic E-state index is 0.0832. The molecule has 250 valence electrons. The molecule has 2 amide bonds. The van der Waals surface area contributed by atoms with E-state index in [0.717, 1.165) is 29.1 Å². The second kappa shape index (κ2) is 14.2. The first kappa shape index (κ1) is 34.0. The summed E-state index contributed by atoms with van der Waals surface area (Å²) in [4.78, 5) is 40.4. The summed E-state index contributed by atoms with van der Waals surface area (Å²) in [6.07, 6.45) is 1.50. The number of methoxy groups -OCH3 is 1. The van der Waals surface area contributed by atoms with Crippen LogP contribution in [0.1, 0.15) is 79.1 Å². The highest BCUT2D eigenvalue weighted by Gasteiger charge is 2.37. The number of anilines is 1. The number of benzene rings is 1. The Morgan fingerprint density at radius 3 is 2.57 bits per heavy atom. The van der Waals surface area contributed by atoms with Gasteiger partial charge in [0.05, 0.1) is 12.6 Å². The van der Waals surface area contributed by atoms with Gasteiger partial charge in [-0.1, -0.05) is 30.3 Å². The van der Waals surface area contributed by atoms with Gasteiger partial charge in [0.1, 0.15) is 27.7 Å². The fourth-order valence-electron chi connectivity index (χ4n) is 5.50. The van der Waals surface area contributed by atoms with Crippen LogP contribution in [-0.2, 0) is 21.4 Å². The van der Waals surface area contributed by atoms with Gasteiger partial charge in [0, 0.05) is 50.3 Å². The lowest BCUT2D eigenvalue weighted by Crippen LogP contribution is -2.47. The molecule has 1 aromatic carbocycles. The summed E-state index contributed by atoms with van der Waals surface area (Å²) in [5.74, 6) is 0.733. The number of alkyl carbamates (subject to hydrolysis) is 1. The number of thiazole rings is 1. The lowest BCUT2D eigenvalue weighted by molar-refractivity contribution is 0.0443. The highest BCUT2D eigenvalue weighted by atomic mass is 32.1. The van der Waals surface area contributed by atoms with Gasteiger partial charge in [0.2, 0.25) is 5.89 Å². The van der Waals surface area contributed by atoms with E-state index in [-0.39, 0.29) is 23.7 Å². The molecule has 0 unspecified atom stereocenters. The number of amides is 2. The molecule has 0 saturated carbocycles. The molecule has 1 aliphatic heterocycles. The largest absolute Gasteiger partial charge is 0.444 e. The van der Waals surface area contributed by atoms with Gasteiger partial charge in [-0.15, -0.1) is 21.5 Å². The first-order valence-electron chi connectivity index (χ1n) is 15.7. The number of rotatable bonds is 11. The van der Waals surface area contributed by atoms with E-state index in [0.29, 0.717) is 43.2 Å². The summed E-state index contributed by atoms with van der Waals surface area (Å²) >= 11 is 1.58. The van der Waals surface area contributed by atoms with Gasteiger partial charge in [-0.05, 0) is 65.2 Å². The second-order valence-corrected chi connectivity index (χ2v) is 13.9. The smallest absolute Gasteiger partial charge is 0.408 e. The Labute approximate surface area is 279 Å². The molecule has 0 aliphatic carbocycles. The van der Waals surface area contributed by atoms with Crippen molar-refractivity contribution in [3.63, 3.8) is 0 Å². The maximum Gasteiger partial charge on any atom is 0.408 e. The normalized spacial score (nSPS) is 16.1. The van der Waals surface area contributed by atoms with Crippen molar-refractivity contribution in [3.05, 3.63) is 75.6 Å². The Balaban J connectivity index is 1.51. The maximum absolute atomic E-state index is 14.1. The lowest BCUT2D eigenvalue weighted by atomic mass is 9.92. The molecule has 4 heterocycles. The van der Waals surface area contributed by atoms with Gasteiger partial charge in [-0.2, -0.15) is 0 Å². The third-order valence-corrected chi connectivity index (χ3v) is 8.87. The molecule has 2 atom stereocenters. The number of pyridine rings is 1. The monoisotopic (exact) mass is 661 g/mol. The molecule has 1 saturated heterocycles. The van der Waals surface area contributed by atoms with Crippen LogP contribution >= 0.6 is 11.3 Å². The number of aromatic nitrogens is 4. The SMILES string of the molecule is COCCN(C)c1cc(C(=O)N2CCC[C@@H]2c2nc(C)cs2)cc(-c2nnc([C@@](C)(Cc3ccccc3)NC(=O)OC(C)(C)C)o2)n1. The standard InChI is InChI=1S/C34H43N7O5S/c1-22-21-47-29(35-22)26-14-11-15-41(26)30(42)24-18-25(36-27(19-24)40(6)16-17-44-7)28-38-39-31(45-28)34(5,20-23-12-9-8-10-13-23)37-32(43)46-33(2,3)4/h8-10,12-13,18-19,21,26H,11,14-17,20H2,1-7H3,(H,37,43)/t26-,34-/m1/s1. The third-order valence-electron chi connectivity index (χ3n) is 7.81. The number of hydrogen-bond donors (Lipinski definition) is 1. The van der Waals surface area contributed by atoms with Crippen molar-refractivity contribution < 1.29 is 23.5 Å². The highest BCUT2D eigenvalue weighted by Crippen LogP contribution is 2.36. The van der Waals surface area contributed by atoms with Gasteiger partial charge in [0.15, 0.2) is 0 Å². The number of carbonyl (C=O) groups is 2. The summed E-state index contributed by atoms with van der Waals surface area (Å²) < 4.78 is 17.1. The van der Waals surface area contributed by atoms with Crippen LogP contribution in [0.5, 0.6) is 0 Å². The quantitative estimate of drug-likeness (QED) is 0.206. The predicted octanol–water partition coefficient (Wildman–Crippen LogP) is 5.94. The number of nitrogens with one attached hydrogen (secondary N) is 1. The van der Waals surface area contributed by atoms with Crippen molar-refractivity contribution >= 4 is 29.2 Å².